The summed E-state index contributed by atoms with van der Waals surface area (Å²) < 4.78 is 2.07. The topological polar surface area (TPSA) is 119 Å². The Morgan fingerprint density at radius 2 is 1.80 bits per heavy atom. The van der Waals surface area contributed by atoms with Crippen molar-refractivity contribution in [3.63, 3.8) is 0 Å². The Hall–Kier alpha value is -4.76. The van der Waals surface area contributed by atoms with E-state index in [1.165, 1.54) is 0 Å². The quantitative estimate of drug-likeness (QED) is 0.269. The van der Waals surface area contributed by atoms with Gasteiger partial charge in [0.1, 0.15) is 11.3 Å². The van der Waals surface area contributed by atoms with Crippen molar-refractivity contribution in [2.45, 2.75) is 50.6 Å². The molecule has 4 N–H and O–H groups in total. The summed E-state index contributed by atoms with van der Waals surface area (Å²) in [5, 5.41) is 0. The molecule has 1 saturated carbocycles. The Balaban J connectivity index is 1.29. The van der Waals surface area contributed by atoms with Crippen molar-refractivity contribution in [3.8, 4) is 28.3 Å². The fourth-order valence-corrected chi connectivity index (χ4v) is 6.56. The SMILES string of the molecule is CC(=O)N(C)C1CCCN(c2cccc(-c3ccc4nc(-c5cccnc5N)n(-c5ccc(C6(N)CCC6)cc5)c4n3)c2)C1. The lowest BCUT2D eigenvalue weighted by molar-refractivity contribution is -0.129. The predicted octanol–water partition coefficient (Wildman–Crippen LogP) is 5.52. The normalized spacial score (nSPS) is 17.8. The Morgan fingerprint density at radius 3 is 2.52 bits per heavy atom. The molecule has 2 aliphatic rings. The fourth-order valence-electron chi connectivity index (χ4n) is 6.56. The maximum absolute atomic E-state index is 12.0. The van der Waals surface area contributed by atoms with E-state index in [2.05, 4.69) is 63.0 Å². The number of piperidine rings is 1. The van der Waals surface area contributed by atoms with Gasteiger partial charge in [-0.05, 0) is 86.2 Å². The highest BCUT2D eigenvalue weighted by molar-refractivity contribution is 5.85. The first-order valence-electron chi connectivity index (χ1n) is 15.4. The van der Waals surface area contributed by atoms with Crippen molar-refractivity contribution >= 4 is 28.6 Å². The molecule has 5 aromatic rings. The fraction of sp³-hybridized carbons (Fsp3) is 0.314. The highest BCUT2D eigenvalue weighted by Crippen LogP contribution is 2.39. The van der Waals surface area contributed by atoms with E-state index >= 15 is 0 Å². The summed E-state index contributed by atoms with van der Waals surface area (Å²) in [7, 11) is 1.90. The Morgan fingerprint density at radius 1 is 0.977 bits per heavy atom. The van der Waals surface area contributed by atoms with Crippen LogP contribution in [-0.2, 0) is 10.3 Å². The first kappa shape index (κ1) is 28.0. The van der Waals surface area contributed by atoms with E-state index in [4.69, 9.17) is 21.4 Å². The van der Waals surface area contributed by atoms with Crippen LogP contribution in [0, 0.1) is 0 Å². The zero-order valence-electron chi connectivity index (χ0n) is 25.3. The molecule has 0 bridgehead atoms. The van der Waals surface area contributed by atoms with Gasteiger partial charge in [-0.1, -0.05) is 24.3 Å². The monoisotopic (exact) mass is 586 g/mol. The minimum Gasteiger partial charge on any atom is -0.383 e. The molecule has 1 aliphatic carbocycles. The molecule has 9 nitrogen and oxygen atoms in total. The second kappa shape index (κ2) is 11.1. The minimum absolute atomic E-state index is 0.104. The molecule has 9 heteroatoms. The summed E-state index contributed by atoms with van der Waals surface area (Å²) in [5.41, 5.74) is 20.1. The van der Waals surface area contributed by atoms with Gasteiger partial charge in [0.25, 0.3) is 0 Å². The van der Waals surface area contributed by atoms with E-state index < -0.39 is 0 Å². The van der Waals surface area contributed by atoms with E-state index in [9.17, 15) is 4.79 Å². The predicted molar refractivity (Wildman–Crippen MR) is 175 cm³/mol. The molecule has 1 amide bonds. The number of aromatic nitrogens is 4. The summed E-state index contributed by atoms with van der Waals surface area (Å²) in [6, 6.07) is 25.0. The van der Waals surface area contributed by atoms with Crippen LogP contribution in [0.1, 0.15) is 44.6 Å². The number of carbonyl (C=O) groups excluding carboxylic acids is 1. The zero-order chi connectivity index (χ0) is 30.4. The molecule has 1 atom stereocenters. The lowest BCUT2D eigenvalue weighted by Crippen LogP contribution is -2.48. The van der Waals surface area contributed by atoms with Crippen molar-refractivity contribution in [1.82, 2.24) is 24.4 Å². The first-order chi connectivity index (χ1) is 21.3. The van der Waals surface area contributed by atoms with Crippen molar-refractivity contribution in [2.75, 3.05) is 30.8 Å². The van der Waals surface area contributed by atoms with Crippen LogP contribution < -0.4 is 16.4 Å². The zero-order valence-corrected chi connectivity index (χ0v) is 25.3. The molecule has 224 valence electrons. The third-order valence-electron chi connectivity index (χ3n) is 9.48. The standard InChI is InChI=1S/C35H38N8O/c1-23(44)41(2)28-9-5-20-42(22-28)27-8-3-7-24(21-27)30-15-16-31-34(39-30)43(33(40-31)29-10-4-19-38-32(29)36)26-13-11-25(12-14-26)35(37)17-6-18-35/h3-4,7-8,10-16,19,21,28H,5-6,9,17-18,20,22,37H2,1-2H3,(H2,36,38). The number of nitrogens with zero attached hydrogens (tertiary/aromatic N) is 6. The summed E-state index contributed by atoms with van der Waals surface area (Å²) in [5.74, 6) is 1.21. The van der Waals surface area contributed by atoms with Crippen LogP contribution >= 0.6 is 0 Å². The van der Waals surface area contributed by atoms with Crippen molar-refractivity contribution in [2.24, 2.45) is 5.73 Å². The summed E-state index contributed by atoms with van der Waals surface area (Å²) in [6.45, 7) is 3.41. The van der Waals surface area contributed by atoms with E-state index in [-0.39, 0.29) is 17.5 Å². The smallest absolute Gasteiger partial charge is 0.219 e. The molecule has 0 radical (unpaired) electrons. The largest absolute Gasteiger partial charge is 0.383 e. The average Bonchev–Trinajstić information content (AvgIpc) is 3.42. The molecular formula is C35H38N8O. The highest BCUT2D eigenvalue weighted by atomic mass is 16.2. The number of pyridine rings is 2. The average molecular weight is 587 g/mol. The number of carbonyl (C=O) groups is 1. The highest BCUT2D eigenvalue weighted by Gasteiger charge is 2.34. The van der Waals surface area contributed by atoms with Crippen molar-refractivity contribution in [1.29, 1.82) is 0 Å². The number of likely N-dealkylation sites (N-methyl/N-ethyl adjacent to an activating group) is 1. The van der Waals surface area contributed by atoms with E-state index in [1.54, 1.807) is 13.1 Å². The molecule has 44 heavy (non-hydrogen) atoms. The van der Waals surface area contributed by atoms with Gasteiger partial charge in [0.15, 0.2) is 11.5 Å². The van der Waals surface area contributed by atoms with E-state index in [1.807, 2.05) is 36.2 Å². The Bertz CT molecular complexity index is 1840. The van der Waals surface area contributed by atoms with Gasteiger partial charge in [-0.3, -0.25) is 9.36 Å². The number of rotatable bonds is 6. The van der Waals surface area contributed by atoms with E-state index in [0.29, 0.717) is 11.6 Å². The lowest BCUT2D eigenvalue weighted by atomic mass is 9.73. The minimum atomic E-state index is -0.238. The number of benzene rings is 2. The van der Waals surface area contributed by atoms with Gasteiger partial charge >= 0.3 is 0 Å². The number of nitrogen functional groups attached to an aromatic ring is 1. The van der Waals surface area contributed by atoms with Gasteiger partial charge in [0, 0.05) is 61.8 Å². The molecule has 7 rings (SSSR count). The molecule has 1 aliphatic heterocycles. The molecule has 2 aromatic carbocycles. The van der Waals surface area contributed by atoms with Crippen molar-refractivity contribution in [3.05, 3.63) is 84.6 Å². The summed E-state index contributed by atoms with van der Waals surface area (Å²) in [6.07, 6.45) is 6.93. The van der Waals surface area contributed by atoms with Gasteiger partial charge in [0.05, 0.1) is 11.3 Å². The summed E-state index contributed by atoms with van der Waals surface area (Å²) in [4.78, 5) is 30.8. The Kier molecular flexibility index (Phi) is 7.05. The number of hydrogen-bond donors (Lipinski definition) is 2. The second-order valence-electron chi connectivity index (χ2n) is 12.2. The first-order valence-corrected chi connectivity index (χ1v) is 15.4. The number of amides is 1. The third kappa shape index (κ3) is 4.97. The van der Waals surface area contributed by atoms with Gasteiger partial charge < -0.3 is 21.3 Å². The third-order valence-corrected chi connectivity index (χ3v) is 9.48. The maximum atomic E-state index is 12.0. The molecule has 3 aromatic heterocycles. The molecule has 0 spiro atoms. The van der Waals surface area contributed by atoms with Crippen LogP contribution in [0.4, 0.5) is 11.5 Å². The number of imidazole rings is 1. The molecule has 2 fully saturated rings. The molecule has 1 unspecified atom stereocenters. The van der Waals surface area contributed by atoms with Crippen LogP contribution in [0.5, 0.6) is 0 Å². The van der Waals surface area contributed by atoms with Crippen LogP contribution in [0.3, 0.4) is 0 Å². The van der Waals surface area contributed by atoms with E-state index in [0.717, 1.165) is 90.1 Å². The van der Waals surface area contributed by atoms with Crippen LogP contribution in [0.15, 0.2) is 79.0 Å². The van der Waals surface area contributed by atoms with Gasteiger partial charge in [0.2, 0.25) is 5.91 Å². The number of nitrogens with two attached hydrogens (primary N) is 2. The van der Waals surface area contributed by atoms with Crippen LogP contribution in [0.2, 0.25) is 0 Å². The number of hydrogen-bond acceptors (Lipinski definition) is 7. The van der Waals surface area contributed by atoms with Crippen LogP contribution in [-0.4, -0.2) is 56.5 Å². The molecule has 4 heterocycles. The lowest BCUT2D eigenvalue weighted by Gasteiger charge is -2.38. The van der Waals surface area contributed by atoms with Gasteiger partial charge in [-0.25, -0.2) is 15.0 Å². The second-order valence-corrected chi connectivity index (χ2v) is 12.2. The maximum Gasteiger partial charge on any atom is 0.219 e. The Labute approximate surface area is 257 Å². The number of fused-ring (bicyclic) bond motifs is 1. The molecular weight excluding hydrogens is 548 g/mol. The van der Waals surface area contributed by atoms with Gasteiger partial charge in [-0.2, -0.15) is 0 Å². The number of anilines is 2. The van der Waals surface area contributed by atoms with Gasteiger partial charge in [-0.15, -0.1) is 0 Å². The van der Waals surface area contributed by atoms with Crippen molar-refractivity contribution < 1.29 is 4.79 Å². The molecule has 1 saturated heterocycles. The summed E-state index contributed by atoms with van der Waals surface area (Å²) >= 11 is 0. The van der Waals surface area contributed by atoms with Crippen LogP contribution in [0.25, 0.3) is 39.5 Å².